The van der Waals surface area contributed by atoms with Crippen molar-refractivity contribution in [1.82, 2.24) is 4.98 Å². The van der Waals surface area contributed by atoms with Crippen LogP contribution in [0.3, 0.4) is 0 Å². The highest BCUT2D eigenvalue weighted by Gasteiger charge is 2.06. The highest BCUT2D eigenvalue weighted by Crippen LogP contribution is 2.21. The summed E-state index contributed by atoms with van der Waals surface area (Å²) in [5, 5.41) is 3.89. The van der Waals surface area contributed by atoms with E-state index in [0.717, 1.165) is 18.2 Å². The van der Waals surface area contributed by atoms with Gasteiger partial charge in [0.15, 0.2) is 0 Å². The van der Waals surface area contributed by atoms with Crippen LogP contribution in [0.5, 0.6) is 0 Å². The predicted molar refractivity (Wildman–Crippen MR) is 75.4 cm³/mol. The molecule has 1 unspecified atom stereocenters. The molecule has 0 aromatic carbocycles. The zero-order valence-corrected chi connectivity index (χ0v) is 11.6. The number of rotatable bonds is 6. The van der Waals surface area contributed by atoms with Crippen LogP contribution < -0.4 is 11.1 Å². The summed E-state index contributed by atoms with van der Waals surface area (Å²) in [6.45, 7) is 6.64. The summed E-state index contributed by atoms with van der Waals surface area (Å²) in [4.78, 5) is 4.19. The van der Waals surface area contributed by atoms with Crippen molar-refractivity contribution in [3.8, 4) is 0 Å². The first-order valence-electron chi connectivity index (χ1n) is 6.16. The Bertz CT molecular complexity index is 353. The van der Waals surface area contributed by atoms with Crippen LogP contribution in [-0.2, 0) is 0 Å². The Morgan fingerprint density at radius 2 is 2.06 bits per heavy atom. The molecule has 0 aliphatic heterocycles. The lowest BCUT2D eigenvalue weighted by molar-refractivity contribution is 0.520. The van der Waals surface area contributed by atoms with Crippen LogP contribution in [0.25, 0.3) is 0 Å². The molecule has 0 aliphatic carbocycles. The van der Waals surface area contributed by atoms with Gasteiger partial charge in [0.25, 0.3) is 0 Å². The molecule has 0 radical (unpaired) electrons. The fourth-order valence-corrected chi connectivity index (χ4v) is 1.88. The van der Waals surface area contributed by atoms with Crippen molar-refractivity contribution in [3.05, 3.63) is 17.3 Å². The van der Waals surface area contributed by atoms with Crippen molar-refractivity contribution in [2.24, 2.45) is 5.92 Å². The van der Waals surface area contributed by atoms with Gasteiger partial charge in [0.2, 0.25) is 0 Å². The molecule has 4 heteroatoms. The molecule has 0 aliphatic rings. The van der Waals surface area contributed by atoms with Gasteiger partial charge in [-0.3, -0.25) is 0 Å². The Morgan fingerprint density at radius 1 is 1.35 bits per heavy atom. The summed E-state index contributed by atoms with van der Waals surface area (Å²) in [7, 11) is 0. The van der Waals surface area contributed by atoms with Crippen molar-refractivity contribution < 1.29 is 0 Å². The van der Waals surface area contributed by atoms with E-state index < -0.39 is 0 Å². The minimum atomic E-state index is 0.379. The zero-order valence-electron chi connectivity index (χ0n) is 10.8. The van der Waals surface area contributed by atoms with Crippen molar-refractivity contribution in [2.45, 2.75) is 46.1 Å². The first-order chi connectivity index (χ1) is 7.99. The fraction of sp³-hybridized carbons (Fsp3) is 0.615. The number of anilines is 2. The Morgan fingerprint density at radius 3 is 2.65 bits per heavy atom. The van der Waals surface area contributed by atoms with Gasteiger partial charge in [-0.1, -0.05) is 38.3 Å². The maximum absolute atomic E-state index is 5.84. The number of nitrogen functional groups attached to an aromatic ring is 1. The molecule has 3 nitrogen and oxygen atoms in total. The number of nitrogens with two attached hydrogens (primary N) is 1. The van der Waals surface area contributed by atoms with Gasteiger partial charge in [0.05, 0.1) is 10.7 Å². The second-order valence-electron chi connectivity index (χ2n) is 4.96. The number of nitrogens with zero attached hydrogens (tertiary/aromatic N) is 1. The molecule has 1 atom stereocenters. The Labute approximate surface area is 109 Å². The Kier molecular flexibility index (Phi) is 5.56. The van der Waals surface area contributed by atoms with Gasteiger partial charge in [-0.2, -0.15) is 0 Å². The SMILES string of the molecule is CC(C)CCCC(C)Nc1ncc(Cl)cc1N. The first kappa shape index (κ1) is 14.1. The highest BCUT2D eigenvalue weighted by atomic mass is 35.5. The molecule has 0 fully saturated rings. The van der Waals surface area contributed by atoms with Crippen LogP contribution in [0.4, 0.5) is 11.5 Å². The smallest absolute Gasteiger partial charge is 0.149 e. The van der Waals surface area contributed by atoms with Crippen LogP contribution >= 0.6 is 11.6 Å². The molecule has 0 saturated heterocycles. The normalized spacial score (nSPS) is 12.8. The van der Waals surface area contributed by atoms with Crippen LogP contribution in [0.15, 0.2) is 12.3 Å². The van der Waals surface area contributed by atoms with Gasteiger partial charge in [0, 0.05) is 12.2 Å². The number of nitrogens with one attached hydrogen (secondary N) is 1. The number of aromatic nitrogens is 1. The van der Waals surface area contributed by atoms with Gasteiger partial charge in [-0.05, 0) is 25.3 Å². The third-order valence-electron chi connectivity index (χ3n) is 2.69. The van der Waals surface area contributed by atoms with Gasteiger partial charge in [-0.15, -0.1) is 0 Å². The van der Waals surface area contributed by atoms with Crippen LogP contribution in [0, 0.1) is 5.92 Å². The quantitative estimate of drug-likeness (QED) is 0.809. The van der Waals surface area contributed by atoms with E-state index in [0.29, 0.717) is 16.8 Å². The molecule has 0 bridgehead atoms. The Balaban J connectivity index is 2.42. The molecular weight excluding hydrogens is 234 g/mol. The first-order valence-corrected chi connectivity index (χ1v) is 6.54. The number of hydrogen-bond acceptors (Lipinski definition) is 3. The average Bonchev–Trinajstić information content (AvgIpc) is 2.21. The van der Waals surface area contributed by atoms with E-state index in [-0.39, 0.29) is 0 Å². The second-order valence-corrected chi connectivity index (χ2v) is 5.40. The minimum Gasteiger partial charge on any atom is -0.396 e. The maximum atomic E-state index is 5.84. The molecule has 0 amide bonds. The topological polar surface area (TPSA) is 50.9 Å². The predicted octanol–water partition coefficient (Wildman–Crippen LogP) is 3.94. The van der Waals surface area contributed by atoms with Gasteiger partial charge in [0.1, 0.15) is 5.82 Å². The van der Waals surface area contributed by atoms with E-state index in [1.807, 2.05) is 0 Å². The van der Waals surface area contributed by atoms with E-state index in [1.165, 1.54) is 12.8 Å². The summed E-state index contributed by atoms with van der Waals surface area (Å²) in [6.07, 6.45) is 5.22. The molecule has 0 saturated carbocycles. The average molecular weight is 256 g/mol. The van der Waals surface area contributed by atoms with Crippen molar-refractivity contribution >= 4 is 23.1 Å². The lowest BCUT2D eigenvalue weighted by atomic mass is 10.0. The molecule has 96 valence electrons. The molecule has 1 aromatic rings. The van der Waals surface area contributed by atoms with Crippen LogP contribution in [0.1, 0.15) is 40.0 Å². The van der Waals surface area contributed by atoms with E-state index in [4.69, 9.17) is 17.3 Å². The van der Waals surface area contributed by atoms with E-state index >= 15 is 0 Å². The number of hydrogen-bond donors (Lipinski definition) is 2. The summed E-state index contributed by atoms with van der Waals surface area (Å²) in [5.74, 6) is 1.49. The highest BCUT2D eigenvalue weighted by molar-refractivity contribution is 6.30. The maximum Gasteiger partial charge on any atom is 0.149 e. The summed E-state index contributed by atoms with van der Waals surface area (Å²) in [6, 6.07) is 2.10. The molecule has 1 rings (SSSR count). The second kappa shape index (κ2) is 6.70. The Hall–Kier alpha value is -0.960. The van der Waals surface area contributed by atoms with Crippen LogP contribution in [0.2, 0.25) is 5.02 Å². The van der Waals surface area contributed by atoms with E-state index in [9.17, 15) is 0 Å². The van der Waals surface area contributed by atoms with Gasteiger partial charge < -0.3 is 11.1 Å². The molecule has 1 heterocycles. The molecule has 0 spiro atoms. The zero-order chi connectivity index (χ0) is 12.8. The van der Waals surface area contributed by atoms with Crippen molar-refractivity contribution in [3.63, 3.8) is 0 Å². The van der Waals surface area contributed by atoms with Gasteiger partial charge >= 0.3 is 0 Å². The third-order valence-corrected chi connectivity index (χ3v) is 2.89. The van der Waals surface area contributed by atoms with Gasteiger partial charge in [-0.25, -0.2) is 4.98 Å². The molecule has 1 aromatic heterocycles. The standard InChI is InChI=1S/C13H22ClN3/c1-9(2)5-4-6-10(3)17-13-12(15)7-11(14)8-16-13/h7-10H,4-6,15H2,1-3H3,(H,16,17). The monoisotopic (exact) mass is 255 g/mol. The lowest BCUT2D eigenvalue weighted by Crippen LogP contribution is -2.17. The fourth-order valence-electron chi connectivity index (χ4n) is 1.71. The van der Waals surface area contributed by atoms with Crippen molar-refractivity contribution in [2.75, 3.05) is 11.1 Å². The summed E-state index contributed by atoms with van der Waals surface area (Å²) < 4.78 is 0. The lowest BCUT2D eigenvalue weighted by Gasteiger charge is -2.16. The van der Waals surface area contributed by atoms with E-state index in [2.05, 4.69) is 31.1 Å². The number of pyridine rings is 1. The largest absolute Gasteiger partial charge is 0.396 e. The minimum absolute atomic E-state index is 0.379. The summed E-state index contributed by atoms with van der Waals surface area (Å²) in [5.41, 5.74) is 6.44. The van der Waals surface area contributed by atoms with Crippen LogP contribution in [-0.4, -0.2) is 11.0 Å². The molecule has 3 N–H and O–H groups in total. The van der Waals surface area contributed by atoms with Crippen molar-refractivity contribution in [1.29, 1.82) is 0 Å². The third kappa shape index (κ3) is 5.26. The van der Waals surface area contributed by atoms with E-state index in [1.54, 1.807) is 12.3 Å². The molecule has 17 heavy (non-hydrogen) atoms. The summed E-state index contributed by atoms with van der Waals surface area (Å²) >= 11 is 5.80. The number of halogens is 1. The molecular formula is C13H22ClN3.